The van der Waals surface area contributed by atoms with Crippen LogP contribution < -0.4 is 10.1 Å². The average Bonchev–Trinajstić information content (AvgIpc) is 2.07. The lowest BCUT2D eigenvalue weighted by molar-refractivity contribution is 0.318. The van der Waals surface area contributed by atoms with Crippen molar-refractivity contribution < 1.29 is 4.74 Å². The van der Waals surface area contributed by atoms with Gasteiger partial charge in [0, 0.05) is 12.6 Å². The molecule has 0 saturated carbocycles. The van der Waals surface area contributed by atoms with E-state index in [9.17, 15) is 0 Å². The standard InChI is InChI=1S/C9H12NO/c1-10-7-8-11-9-5-3-2-4-6-9/h2-5,10H,7-8H2,1H3. The summed E-state index contributed by atoms with van der Waals surface area (Å²) in [6.07, 6.45) is 0. The molecule has 0 atom stereocenters. The third kappa shape index (κ3) is 3.05. The first-order valence-electron chi connectivity index (χ1n) is 3.67. The summed E-state index contributed by atoms with van der Waals surface area (Å²) in [5.41, 5.74) is 0. The second-order valence-electron chi connectivity index (χ2n) is 2.18. The number of hydrogen-bond donors (Lipinski definition) is 1. The first-order chi connectivity index (χ1) is 5.43. The number of likely N-dealkylation sites (N-methyl/N-ethyl adjacent to an activating group) is 1. The summed E-state index contributed by atoms with van der Waals surface area (Å²) in [6, 6.07) is 10.6. The van der Waals surface area contributed by atoms with Gasteiger partial charge in [-0.2, -0.15) is 0 Å². The van der Waals surface area contributed by atoms with Gasteiger partial charge in [0.1, 0.15) is 12.4 Å². The van der Waals surface area contributed by atoms with Crippen LogP contribution in [0.3, 0.4) is 0 Å². The minimum absolute atomic E-state index is 0.691. The number of para-hydroxylation sites is 1. The molecular weight excluding hydrogens is 138 g/mol. The fourth-order valence-corrected chi connectivity index (χ4v) is 0.730. The van der Waals surface area contributed by atoms with Gasteiger partial charge in [-0.1, -0.05) is 18.2 Å². The van der Waals surface area contributed by atoms with E-state index in [-0.39, 0.29) is 0 Å². The molecule has 2 heteroatoms. The molecule has 11 heavy (non-hydrogen) atoms. The van der Waals surface area contributed by atoms with E-state index < -0.39 is 0 Å². The monoisotopic (exact) mass is 150 g/mol. The Hall–Kier alpha value is -1.02. The zero-order chi connectivity index (χ0) is 7.94. The lowest BCUT2D eigenvalue weighted by Crippen LogP contribution is -2.15. The Morgan fingerprint density at radius 1 is 1.55 bits per heavy atom. The third-order valence-electron chi connectivity index (χ3n) is 1.29. The summed E-state index contributed by atoms with van der Waals surface area (Å²) < 4.78 is 5.33. The van der Waals surface area contributed by atoms with Crippen LogP contribution in [0.5, 0.6) is 5.75 Å². The van der Waals surface area contributed by atoms with Crippen LogP contribution in [0, 0.1) is 6.07 Å². The number of benzene rings is 1. The Bertz CT molecular complexity index is 186. The normalized spacial score (nSPS) is 9.55. The van der Waals surface area contributed by atoms with Crippen molar-refractivity contribution in [2.24, 2.45) is 0 Å². The van der Waals surface area contributed by atoms with Gasteiger partial charge in [-0.25, -0.2) is 0 Å². The highest BCUT2D eigenvalue weighted by atomic mass is 16.5. The van der Waals surface area contributed by atoms with E-state index in [2.05, 4.69) is 11.4 Å². The van der Waals surface area contributed by atoms with Crippen LogP contribution in [0.4, 0.5) is 0 Å². The van der Waals surface area contributed by atoms with E-state index in [4.69, 9.17) is 4.74 Å². The first-order valence-corrected chi connectivity index (χ1v) is 3.67. The van der Waals surface area contributed by atoms with Gasteiger partial charge in [-0.3, -0.25) is 0 Å². The van der Waals surface area contributed by atoms with Crippen LogP contribution in [0.25, 0.3) is 0 Å². The molecule has 1 rings (SSSR count). The summed E-state index contributed by atoms with van der Waals surface area (Å²) in [4.78, 5) is 0. The predicted octanol–water partition coefficient (Wildman–Crippen LogP) is 1.08. The van der Waals surface area contributed by atoms with Gasteiger partial charge in [-0.15, -0.1) is 0 Å². The highest BCUT2D eigenvalue weighted by molar-refractivity contribution is 5.19. The van der Waals surface area contributed by atoms with Gasteiger partial charge in [0.15, 0.2) is 0 Å². The largest absolute Gasteiger partial charge is 0.492 e. The Kier molecular flexibility index (Phi) is 3.48. The minimum Gasteiger partial charge on any atom is -0.492 e. The van der Waals surface area contributed by atoms with Gasteiger partial charge in [0.2, 0.25) is 0 Å². The van der Waals surface area contributed by atoms with Crippen molar-refractivity contribution in [2.45, 2.75) is 0 Å². The predicted molar refractivity (Wildman–Crippen MR) is 44.7 cm³/mol. The van der Waals surface area contributed by atoms with Gasteiger partial charge < -0.3 is 10.1 Å². The summed E-state index contributed by atoms with van der Waals surface area (Å²) in [5, 5.41) is 3.00. The zero-order valence-electron chi connectivity index (χ0n) is 6.63. The van der Waals surface area contributed by atoms with E-state index in [0.29, 0.717) is 6.61 Å². The summed E-state index contributed by atoms with van der Waals surface area (Å²) in [5.74, 6) is 0.808. The molecule has 0 saturated heterocycles. The van der Waals surface area contributed by atoms with E-state index in [1.807, 2.05) is 31.3 Å². The molecule has 59 valence electrons. The van der Waals surface area contributed by atoms with Crippen molar-refractivity contribution in [3.63, 3.8) is 0 Å². The fraction of sp³-hybridized carbons (Fsp3) is 0.333. The number of nitrogens with one attached hydrogen (secondary N) is 1. The van der Waals surface area contributed by atoms with E-state index >= 15 is 0 Å². The summed E-state index contributed by atoms with van der Waals surface area (Å²) >= 11 is 0. The number of rotatable bonds is 4. The van der Waals surface area contributed by atoms with Crippen molar-refractivity contribution in [1.29, 1.82) is 0 Å². The van der Waals surface area contributed by atoms with Crippen LogP contribution in [-0.4, -0.2) is 20.2 Å². The molecule has 1 radical (unpaired) electrons. The highest BCUT2D eigenvalue weighted by Crippen LogP contribution is 2.05. The molecule has 0 bridgehead atoms. The van der Waals surface area contributed by atoms with Gasteiger partial charge in [0.05, 0.1) is 0 Å². The fourth-order valence-electron chi connectivity index (χ4n) is 0.730. The van der Waals surface area contributed by atoms with Crippen LogP contribution >= 0.6 is 0 Å². The lowest BCUT2D eigenvalue weighted by atomic mass is 10.3. The topological polar surface area (TPSA) is 21.3 Å². The maximum Gasteiger partial charge on any atom is 0.127 e. The number of hydrogen-bond acceptors (Lipinski definition) is 2. The van der Waals surface area contributed by atoms with Crippen LogP contribution in [0.2, 0.25) is 0 Å². The Morgan fingerprint density at radius 2 is 2.45 bits per heavy atom. The second kappa shape index (κ2) is 4.74. The van der Waals surface area contributed by atoms with Crippen LogP contribution in [0.15, 0.2) is 24.3 Å². The molecule has 0 amide bonds. The highest BCUT2D eigenvalue weighted by Gasteiger charge is 1.88. The van der Waals surface area contributed by atoms with Gasteiger partial charge in [-0.05, 0) is 13.1 Å². The van der Waals surface area contributed by atoms with E-state index in [1.165, 1.54) is 0 Å². The molecule has 0 fully saturated rings. The summed E-state index contributed by atoms with van der Waals surface area (Å²) in [6.45, 7) is 1.56. The molecule has 1 aromatic rings. The smallest absolute Gasteiger partial charge is 0.127 e. The molecule has 0 unspecified atom stereocenters. The lowest BCUT2D eigenvalue weighted by Gasteiger charge is -2.03. The first kappa shape index (κ1) is 8.08. The van der Waals surface area contributed by atoms with Crippen molar-refractivity contribution in [3.8, 4) is 5.75 Å². The molecule has 0 aromatic heterocycles. The molecule has 0 heterocycles. The summed E-state index contributed by atoms with van der Waals surface area (Å²) in [7, 11) is 1.90. The minimum atomic E-state index is 0.691. The van der Waals surface area contributed by atoms with Crippen molar-refractivity contribution >= 4 is 0 Å². The SMILES string of the molecule is CNCCOc1[c]cccc1. The van der Waals surface area contributed by atoms with Crippen molar-refractivity contribution in [2.75, 3.05) is 20.2 Å². The second-order valence-corrected chi connectivity index (χ2v) is 2.18. The molecule has 1 aromatic carbocycles. The van der Waals surface area contributed by atoms with E-state index in [1.54, 1.807) is 0 Å². The number of ether oxygens (including phenoxy) is 1. The Labute approximate surface area is 67.2 Å². The molecule has 2 nitrogen and oxygen atoms in total. The molecule has 1 N–H and O–H groups in total. The van der Waals surface area contributed by atoms with Gasteiger partial charge in [0.25, 0.3) is 0 Å². The average molecular weight is 150 g/mol. The third-order valence-corrected chi connectivity index (χ3v) is 1.29. The zero-order valence-corrected chi connectivity index (χ0v) is 6.63. The Morgan fingerprint density at radius 3 is 3.09 bits per heavy atom. The maximum absolute atomic E-state index is 5.33. The maximum atomic E-state index is 5.33. The van der Waals surface area contributed by atoms with E-state index in [0.717, 1.165) is 12.3 Å². The molecule has 0 aliphatic heterocycles. The molecule has 0 spiro atoms. The Balaban J connectivity index is 2.28. The van der Waals surface area contributed by atoms with Crippen molar-refractivity contribution in [3.05, 3.63) is 30.3 Å². The quantitative estimate of drug-likeness (QED) is 0.648. The van der Waals surface area contributed by atoms with Crippen molar-refractivity contribution in [1.82, 2.24) is 5.32 Å². The molecule has 0 aliphatic rings. The van der Waals surface area contributed by atoms with Gasteiger partial charge >= 0.3 is 0 Å². The van der Waals surface area contributed by atoms with Crippen LogP contribution in [0.1, 0.15) is 0 Å². The molecular formula is C9H12NO. The molecule has 0 aliphatic carbocycles. The van der Waals surface area contributed by atoms with Crippen LogP contribution in [-0.2, 0) is 0 Å².